The van der Waals surface area contributed by atoms with Gasteiger partial charge in [0.25, 0.3) is 0 Å². The zero-order valence-electron chi connectivity index (χ0n) is 13.3. The van der Waals surface area contributed by atoms with E-state index in [1.165, 1.54) is 0 Å². The van der Waals surface area contributed by atoms with Gasteiger partial charge in [-0.1, -0.05) is 0 Å². The minimum absolute atomic E-state index is 0.227. The second kappa shape index (κ2) is 17.8. The molecule has 0 rings (SSSR count). The van der Waals surface area contributed by atoms with Crippen molar-refractivity contribution in [1.82, 2.24) is 20.9 Å². The van der Waals surface area contributed by atoms with Gasteiger partial charge in [-0.25, -0.2) is 0 Å². The summed E-state index contributed by atoms with van der Waals surface area (Å²) in [5.41, 5.74) is 5.38. The third-order valence-corrected chi connectivity index (χ3v) is 3.15. The van der Waals surface area contributed by atoms with Crippen LogP contribution in [-0.2, 0) is 0 Å². The molecule has 128 valence electrons. The van der Waals surface area contributed by atoms with Crippen LogP contribution in [0.25, 0.3) is 0 Å². The highest BCUT2D eigenvalue weighted by molar-refractivity contribution is 4.61. The highest BCUT2D eigenvalue weighted by Gasteiger charge is 2.03. The van der Waals surface area contributed by atoms with Gasteiger partial charge in [0.2, 0.25) is 0 Å². The molecule has 7 N–H and O–H groups in total. The van der Waals surface area contributed by atoms with Gasteiger partial charge in [0.05, 0.1) is 0 Å². The maximum Gasteiger partial charge on any atom is 0.0443 e. The first-order valence-corrected chi connectivity index (χ1v) is 8.11. The summed E-state index contributed by atoms with van der Waals surface area (Å²) in [7, 11) is 0. The minimum Gasteiger partial charge on any atom is -0.396 e. The SMILES string of the molecule is NCCNCCNCCNCCN(CCCO)CCCO. The molecule has 7 nitrogen and oxygen atoms in total. The van der Waals surface area contributed by atoms with Gasteiger partial charge < -0.3 is 36.8 Å². The molecular formula is C14H35N5O2. The van der Waals surface area contributed by atoms with E-state index in [9.17, 15) is 0 Å². The number of aliphatic hydroxyl groups excluding tert-OH is 2. The highest BCUT2D eigenvalue weighted by Crippen LogP contribution is 1.93. The largest absolute Gasteiger partial charge is 0.396 e. The van der Waals surface area contributed by atoms with Crippen LogP contribution >= 0.6 is 0 Å². The summed E-state index contributed by atoms with van der Waals surface area (Å²) in [6.45, 7) is 9.50. The normalized spacial score (nSPS) is 11.4. The maximum atomic E-state index is 8.87. The molecular weight excluding hydrogens is 270 g/mol. The molecule has 21 heavy (non-hydrogen) atoms. The first-order chi connectivity index (χ1) is 10.3. The lowest BCUT2D eigenvalue weighted by Crippen LogP contribution is -2.38. The van der Waals surface area contributed by atoms with Crippen LogP contribution in [0.1, 0.15) is 12.8 Å². The van der Waals surface area contributed by atoms with E-state index in [0.29, 0.717) is 6.54 Å². The number of hydrogen-bond acceptors (Lipinski definition) is 7. The second-order valence-electron chi connectivity index (χ2n) is 5.03. The number of nitrogens with two attached hydrogens (primary N) is 1. The molecule has 0 heterocycles. The van der Waals surface area contributed by atoms with Crippen LogP contribution in [0.15, 0.2) is 0 Å². The van der Waals surface area contributed by atoms with E-state index in [2.05, 4.69) is 20.9 Å². The predicted molar refractivity (Wildman–Crippen MR) is 87.5 cm³/mol. The van der Waals surface area contributed by atoms with Crippen LogP contribution in [0.3, 0.4) is 0 Å². The van der Waals surface area contributed by atoms with Crippen LogP contribution in [0.2, 0.25) is 0 Å². The third-order valence-electron chi connectivity index (χ3n) is 3.15. The van der Waals surface area contributed by atoms with Gasteiger partial charge in [0.1, 0.15) is 0 Å². The quantitative estimate of drug-likeness (QED) is 0.169. The molecule has 0 fully saturated rings. The molecule has 0 bridgehead atoms. The molecule has 0 aliphatic carbocycles. The van der Waals surface area contributed by atoms with E-state index in [0.717, 1.165) is 71.7 Å². The van der Waals surface area contributed by atoms with Gasteiger partial charge >= 0.3 is 0 Å². The zero-order valence-corrected chi connectivity index (χ0v) is 13.3. The molecule has 0 unspecified atom stereocenters. The lowest BCUT2D eigenvalue weighted by Gasteiger charge is -2.21. The Kier molecular flexibility index (Phi) is 17.5. The van der Waals surface area contributed by atoms with E-state index in [-0.39, 0.29) is 13.2 Å². The molecule has 0 aromatic rings. The molecule has 7 heteroatoms. The summed E-state index contributed by atoms with van der Waals surface area (Å²) in [6, 6.07) is 0. The summed E-state index contributed by atoms with van der Waals surface area (Å²) in [4.78, 5) is 2.28. The lowest BCUT2D eigenvalue weighted by molar-refractivity contribution is 0.202. The van der Waals surface area contributed by atoms with Gasteiger partial charge in [0.15, 0.2) is 0 Å². The standard InChI is InChI=1S/C14H35N5O2/c15-3-4-16-5-6-17-7-8-18-9-12-19(10-1-13-20)11-2-14-21/h16-18,20-21H,1-15H2. The molecule has 0 amide bonds. The summed E-state index contributed by atoms with van der Waals surface area (Å²) in [6.07, 6.45) is 1.59. The molecule has 0 aliphatic rings. The van der Waals surface area contributed by atoms with Crippen LogP contribution in [0, 0.1) is 0 Å². The molecule has 0 spiro atoms. The third kappa shape index (κ3) is 15.9. The maximum absolute atomic E-state index is 8.87. The Morgan fingerprint density at radius 3 is 1.62 bits per heavy atom. The van der Waals surface area contributed by atoms with Crippen molar-refractivity contribution >= 4 is 0 Å². The molecule has 0 saturated heterocycles. The fourth-order valence-electron chi connectivity index (χ4n) is 1.99. The van der Waals surface area contributed by atoms with Crippen molar-refractivity contribution < 1.29 is 10.2 Å². The van der Waals surface area contributed by atoms with Gasteiger partial charge in [-0.15, -0.1) is 0 Å². The van der Waals surface area contributed by atoms with Crippen molar-refractivity contribution in [2.75, 3.05) is 78.7 Å². The van der Waals surface area contributed by atoms with Crippen LogP contribution in [0.4, 0.5) is 0 Å². The monoisotopic (exact) mass is 305 g/mol. The van der Waals surface area contributed by atoms with E-state index < -0.39 is 0 Å². The number of nitrogens with zero attached hydrogens (tertiary/aromatic N) is 1. The van der Waals surface area contributed by atoms with Gasteiger partial charge in [-0.2, -0.15) is 0 Å². The summed E-state index contributed by atoms with van der Waals surface area (Å²) >= 11 is 0. The summed E-state index contributed by atoms with van der Waals surface area (Å²) < 4.78 is 0. The number of nitrogens with one attached hydrogen (secondary N) is 3. The minimum atomic E-state index is 0.227. The van der Waals surface area contributed by atoms with Gasteiger partial charge in [-0.3, -0.25) is 0 Å². The second-order valence-corrected chi connectivity index (χ2v) is 5.03. The number of aliphatic hydroxyl groups is 2. The van der Waals surface area contributed by atoms with Crippen molar-refractivity contribution in [1.29, 1.82) is 0 Å². The zero-order chi connectivity index (χ0) is 15.6. The number of hydrogen-bond donors (Lipinski definition) is 6. The Labute approximate surface area is 129 Å². The van der Waals surface area contributed by atoms with E-state index in [1.807, 2.05) is 0 Å². The Bertz CT molecular complexity index is 190. The fourth-order valence-corrected chi connectivity index (χ4v) is 1.99. The first kappa shape index (κ1) is 20.7. The lowest BCUT2D eigenvalue weighted by atomic mass is 10.3. The average molecular weight is 305 g/mol. The van der Waals surface area contributed by atoms with E-state index >= 15 is 0 Å². The van der Waals surface area contributed by atoms with Crippen LogP contribution in [0.5, 0.6) is 0 Å². The Balaban J connectivity index is 3.35. The molecule has 0 aromatic carbocycles. The van der Waals surface area contributed by atoms with Crippen LogP contribution < -0.4 is 21.7 Å². The molecule has 0 aliphatic heterocycles. The Hall–Kier alpha value is -0.280. The van der Waals surface area contributed by atoms with Crippen molar-refractivity contribution in [2.24, 2.45) is 5.73 Å². The predicted octanol–water partition coefficient (Wildman–Crippen LogP) is -2.22. The topological polar surface area (TPSA) is 106 Å². The number of rotatable bonds is 17. The van der Waals surface area contributed by atoms with Crippen molar-refractivity contribution in [3.05, 3.63) is 0 Å². The fraction of sp³-hybridized carbons (Fsp3) is 1.00. The van der Waals surface area contributed by atoms with Crippen molar-refractivity contribution in [3.63, 3.8) is 0 Å². The molecule has 0 aromatic heterocycles. The summed E-state index contributed by atoms with van der Waals surface area (Å²) in [5, 5.41) is 27.7. The Morgan fingerprint density at radius 1 is 0.667 bits per heavy atom. The van der Waals surface area contributed by atoms with Gasteiger partial charge in [0, 0.05) is 78.7 Å². The van der Waals surface area contributed by atoms with E-state index in [4.69, 9.17) is 15.9 Å². The van der Waals surface area contributed by atoms with Crippen molar-refractivity contribution in [2.45, 2.75) is 12.8 Å². The Morgan fingerprint density at radius 2 is 1.14 bits per heavy atom. The van der Waals surface area contributed by atoms with Crippen molar-refractivity contribution in [3.8, 4) is 0 Å². The molecule has 0 radical (unpaired) electrons. The average Bonchev–Trinajstić information content (AvgIpc) is 2.51. The smallest absolute Gasteiger partial charge is 0.0443 e. The van der Waals surface area contributed by atoms with Crippen LogP contribution in [-0.4, -0.2) is 93.8 Å². The highest BCUT2D eigenvalue weighted by atomic mass is 16.3. The summed E-state index contributed by atoms with van der Waals surface area (Å²) in [5.74, 6) is 0. The molecule has 0 atom stereocenters. The van der Waals surface area contributed by atoms with E-state index in [1.54, 1.807) is 0 Å². The first-order valence-electron chi connectivity index (χ1n) is 8.11. The molecule has 0 saturated carbocycles. The van der Waals surface area contributed by atoms with Gasteiger partial charge in [-0.05, 0) is 12.8 Å².